The van der Waals surface area contributed by atoms with Gasteiger partial charge >= 0.3 is 0 Å². The largest absolute Gasteiger partial charge is 0.457 e. The van der Waals surface area contributed by atoms with Crippen LogP contribution in [0.25, 0.3) is 11.3 Å². The first-order valence-electron chi connectivity index (χ1n) is 9.54. The maximum Gasteiger partial charge on any atom is 0.269 e. The summed E-state index contributed by atoms with van der Waals surface area (Å²) in [6, 6.07) is 22.2. The molecule has 0 fully saturated rings. The summed E-state index contributed by atoms with van der Waals surface area (Å²) < 4.78 is 5.82. The first-order chi connectivity index (χ1) is 15.1. The molecule has 0 aliphatic carbocycles. The molecule has 0 radical (unpaired) electrons. The van der Waals surface area contributed by atoms with Crippen molar-refractivity contribution in [2.45, 2.75) is 0 Å². The van der Waals surface area contributed by atoms with Crippen LogP contribution in [-0.2, 0) is 0 Å². The molecular formula is C23H20N6O2. The van der Waals surface area contributed by atoms with Crippen LogP contribution in [0.4, 0.5) is 17.5 Å². The van der Waals surface area contributed by atoms with Gasteiger partial charge in [0.25, 0.3) is 5.91 Å². The van der Waals surface area contributed by atoms with Crippen LogP contribution < -0.4 is 21.1 Å². The van der Waals surface area contributed by atoms with Crippen molar-refractivity contribution in [3.05, 3.63) is 84.7 Å². The van der Waals surface area contributed by atoms with E-state index in [-0.39, 0.29) is 17.5 Å². The van der Waals surface area contributed by atoms with E-state index < -0.39 is 0 Å². The van der Waals surface area contributed by atoms with Crippen molar-refractivity contribution in [3.8, 4) is 22.8 Å². The van der Waals surface area contributed by atoms with Crippen molar-refractivity contribution in [2.24, 2.45) is 0 Å². The Balaban J connectivity index is 1.48. The lowest BCUT2D eigenvalue weighted by Crippen LogP contribution is -2.18. The monoisotopic (exact) mass is 412 g/mol. The second kappa shape index (κ2) is 8.91. The normalized spacial score (nSPS) is 10.4. The quantitative estimate of drug-likeness (QED) is 0.438. The van der Waals surface area contributed by atoms with Gasteiger partial charge in [0.2, 0.25) is 5.95 Å². The minimum atomic E-state index is -0.274. The fourth-order valence-electron chi connectivity index (χ4n) is 2.90. The number of carbonyl (C=O) groups excluding carboxylic acids is 1. The van der Waals surface area contributed by atoms with Crippen LogP contribution in [-0.4, -0.2) is 27.9 Å². The standard InChI is InChI=1S/C23H20N6O2/c1-25-22(30)20-13-18(11-12-26-20)31-17-9-7-16(8-10-17)27-21-14-19(28-23(24)29-21)15-5-3-2-4-6-15/h2-14H,1H3,(H,25,30)(H3,24,27,28,29). The number of aromatic nitrogens is 3. The molecule has 0 aliphatic rings. The molecule has 0 bridgehead atoms. The third-order valence-electron chi connectivity index (χ3n) is 4.37. The topological polar surface area (TPSA) is 115 Å². The zero-order valence-corrected chi connectivity index (χ0v) is 16.7. The van der Waals surface area contributed by atoms with E-state index in [1.54, 1.807) is 19.2 Å². The Hall–Kier alpha value is -4.46. The molecule has 8 nitrogen and oxygen atoms in total. The van der Waals surface area contributed by atoms with Crippen LogP contribution in [0.1, 0.15) is 10.5 Å². The van der Waals surface area contributed by atoms with Crippen molar-refractivity contribution in [1.29, 1.82) is 0 Å². The van der Waals surface area contributed by atoms with Crippen molar-refractivity contribution in [3.63, 3.8) is 0 Å². The smallest absolute Gasteiger partial charge is 0.269 e. The van der Waals surface area contributed by atoms with Gasteiger partial charge in [0, 0.05) is 36.6 Å². The molecule has 2 heterocycles. The lowest BCUT2D eigenvalue weighted by Gasteiger charge is -2.10. The predicted octanol–water partition coefficient (Wildman–Crippen LogP) is 4.02. The van der Waals surface area contributed by atoms with E-state index in [4.69, 9.17) is 10.5 Å². The summed E-state index contributed by atoms with van der Waals surface area (Å²) in [6.07, 6.45) is 1.53. The lowest BCUT2D eigenvalue weighted by molar-refractivity contribution is 0.0958. The summed E-state index contributed by atoms with van der Waals surface area (Å²) in [5.41, 5.74) is 8.68. The van der Waals surface area contributed by atoms with Gasteiger partial charge in [-0.1, -0.05) is 30.3 Å². The zero-order valence-electron chi connectivity index (χ0n) is 16.7. The van der Waals surface area contributed by atoms with Crippen LogP contribution >= 0.6 is 0 Å². The fraction of sp³-hybridized carbons (Fsp3) is 0.0435. The second-order valence-electron chi connectivity index (χ2n) is 6.57. The van der Waals surface area contributed by atoms with Crippen LogP contribution in [0.3, 0.4) is 0 Å². The molecule has 4 aromatic rings. The van der Waals surface area contributed by atoms with E-state index in [0.717, 1.165) is 16.9 Å². The van der Waals surface area contributed by atoms with Gasteiger partial charge in [0.15, 0.2) is 0 Å². The Kier molecular flexibility index (Phi) is 5.70. The highest BCUT2D eigenvalue weighted by molar-refractivity contribution is 5.92. The molecule has 4 rings (SSSR count). The molecule has 4 N–H and O–H groups in total. The number of carbonyl (C=O) groups is 1. The number of nitrogen functional groups attached to an aromatic ring is 1. The van der Waals surface area contributed by atoms with E-state index in [0.29, 0.717) is 17.3 Å². The van der Waals surface area contributed by atoms with E-state index >= 15 is 0 Å². The molecule has 154 valence electrons. The van der Waals surface area contributed by atoms with Gasteiger partial charge in [0.05, 0.1) is 5.69 Å². The predicted molar refractivity (Wildman–Crippen MR) is 119 cm³/mol. The molecule has 2 aromatic carbocycles. The number of nitrogens with one attached hydrogen (secondary N) is 2. The maximum absolute atomic E-state index is 11.7. The molecule has 0 saturated carbocycles. The molecule has 0 saturated heterocycles. The highest BCUT2D eigenvalue weighted by Crippen LogP contribution is 2.26. The summed E-state index contributed by atoms with van der Waals surface area (Å²) in [6.45, 7) is 0. The highest BCUT2D eigenvalue weighted by atomic mass is 16.5. The van der Waals surface area contributed by atoms with Gasteiger partial charge in [0.1, 0.15) is 23.0 Å². The molecular weight excluding hydrogens is 392 g/mol. The molecule has 8 heteroatoms. The summed E-state index contributed by atoms with van der Waals surface area (Å²) in [4.78, 5) is 24.3. The van der Waals surface area contributed by atoms with Gasteiger partial charge in [-0.25, -0.2) is 4.98 Å². The molecule has 0 atom stereocenters. The molecule has 2 aromatic heterocycles. The Labute approximate surface area is 179 Å². The Bertz CT molecular complexity index is 1200. The van der Waals surface area contributed by atoms with Gasteiger partial charge in [-0.2, -0.15) is 4.98 Å². The van der Waals surface area contributed by atoms with Gasteiger partial charge in [-0.05, 0) is 30.3 Å². The van der Waals surface area contributed by atoms with Crippen molar-refractivity contribution >= 4 is 23.4 Å². The molecule has 0 unspecified atom stereocenters. The van der Waals surface area contributed by atoms with Gasteiger partial charge < -0.3 is 21.1 Å². The molecule has 0 spiro atoms. The number of benzene rings is 2. The SMILES string of the molecule is CNC(=O)c1cc(Oc2ccc(Nc3cc(-c4ccccc4)nc(N)n3)cc2)ccn1. The maximum atomic E-state index is 11.7. The van der Waals surface area contributed by atoms with Crippen molar-refractivity contribution < 1.29 is 9.53 Å². The summed E-state index contributed by atoms with van der Waals surface area (Å²) in [5, 5.41) is 5.76. The highest BCUT2D eigenvalue weighted by Gasteiger charge is 2.08. The number of nitrogens with zero attached hydrogens (tertiary/aromatic N) is 3. The fourth-order valence-corrected chi connectivity index (χ4v) is 2.90. The van der Waals surface area contributed by atoms with E-state index in [1.165, 1.54) is 6.20 Å². The second-order valence-corrected chi connectivity index (χ2v) is 6.57. The number of anilines is 3. The average molecular weight is 412 g/mol. The molecule has 0 aliphatic heterocycles. The minimum absolute atomic E-state index is 0.188. The number of hydrogen-bond donors (Lipinski definition) is 3. The van der Waals surface area contributed by atoms with Crippen LogP contribution in [0, 0.1) is 0 Å². The molecule has 1 amide bonds. The zero-order chi connectivity index (χ0) is 21.6. The van der Waals surface area contributed by atoms with Gasteiger partial charge in [-0.15, -0.1) is 0 Å². The van der Waals surface area contributed by atoms with E-state index in [9.17, 15) is 4.79 Å². The summed E-state index contributed by atoms with van der Waals surface area (Å²) >= 11 is 0. The Morgan fingerprint density at radius 1 is 0.935 bits per heavy atom. The molecule has 31 heavy (non-hydrogen) atoms. The number of pyridine rings is 1. The minimum Gasteiger partial charge on any atom is -0.457 e. The van der Waals surface area contributed by atoms with E-state index in [1.807, 2.05) is 60.7 Å². The van der Waals surface area contributed by atoms with Gasteiger partial charge in [-0.3, -0.25) is 9.78 Å². The lowest BCUT2D eigenvalue weighted by atomic mass is 10.1. The first kappa shape index (κ1) is 19.8. The number of hydrogen-bond acceptors (Lipinski definition) is 7. The number of ether oxygens (including phenoxy) is 1. The number of rotatable bonds is 6. The van der Waals surface area contributed by atoms with Crippen LogP contribution in [0.15, 0.2) is 79.0 Å². The van der Waals surface area contributed by atoms with Crippen molar-refractivity contribution in [2.75, 3.05) is 18.1 Å². The average Bonchev–Trinajstić information content (AvgIpc) is 2.80. The van der Waals surface area contributed by atoms with E-state index in [2.05, 4.69) is 25.6 Å². The first-order valence-corrected chi connectivity index (χ1v) is 9.54. The van der Waals surface area contributed by atoms with Crippen LogP contribution in [0.5, 0.6) is 11.5 Å². The third-order valence-corrected chi connectivity index (χ3v) is 4.37. The van der Waals surface area contributed by atoms with Crippen molar-refractivity contribution in [1.82, 2.24) is 20.3 Å². The van der Waals surface area contributed by atoms with Crippen LogP contribution in [0.2, 0.25) is 0 Å². The summed E-state index contributed by atoms with van der Waals surface area (Å²) in [5.74, 6) is 1.64. The third kappa shape index (κ3) is 4.94. The number of amides is 1. The summed E-state index contributed by atoms with van der Waals surface area (Å²) in [7, 11) is 1.55. The Morgan fingerprint density at radius 2 is 1.71 bits per heavy atom. The Morgan fingerprint density at radius 3 is 2.45 bits per heavy atom. The number of nitrogens with two attached hydrogens (primary N) is 1.